The number of aliphatic hydroxyl groups is 1. The molecule has 0 amide bonds. The zero-order valence-electron chi connectivity index (χ0n) is 9.40. The van der Waals surface area contributed by atoms with Gasteiger partial charge in [-0.15, -0.1) is 12.3 Å². The predicted molar refractivity (Wildman–Crippen MR) is 62.5 cm³/mol. The van der Waals surface area contributed by atoms with Crippen LogP contribution in [0.4, 0.5) is 0 Å². The lowest BCUT2D eigenvalue weighted by Gasteiger charge is -2.12. The zero-order valence-corrected chi connectivity index (χ0v) is 9.40. The number of hydrogen-bond donors (Lipinski definition) is 1. The van der Waals surface area contributed by atoms with Gasteiger partial charge in [0.05, 0.1) is 19.8 Å². The maximum absolute atomic E-state index is 9.01. The number of terminal acetylenes is 1. The van der Waals surface area contributed by atoms with Crippen LogP contribution < -0.4 is 9.47 Å². The van der Waals surface area contributed by atoms with Crippen LogP contribution in [0, 0.1) is 12.3 Å². The van der Waals surface area contributed by atoms with E-state index in [-0.39, 0.29) is 6.61 Å². The molecule has 1 aromatic carbocycles. The highest BCUT2D eigenvalue weighted by Gasteiger charge is 2.05. The minimum absolute atomic E-state index is 0.00922. The van der Waals surface area contributed by atoms with Crippen molar-refractivity contribution >= 4 is 0 Å². The van der Waals surface area contributed by atoms with Crippen molar-refractivity contribution in [1.82, 2.24) is 0 Å². The third-order valence-corrected chi connectivity index (χ3v) is 1.99. The van der Waals surface area contributed by atoms with Crippen molar-refractivity contribution in [2.45, 2.75) is 20.0 Å². The summed E-state index contributed by atoms with van der Waals surface area (Å²) in [6, 6.07) is 5.36. The van der Waals surface area contributed by atoms with E-state index in [0.717, 1.165) is 5.56 Å². The van der Waals surface area contributed by atoms with Crippen LogP contribution in [0.15, 0.2) is 18.2 Å². The Morgan fingerprint density at radius 3 is 2.75 bits per heavy atom. The van der Waals surface area contributed by atoms with Crippen molar-refractivity contribution in [1.29, 1.82) is 0 Å². The van der Waals surface area contributed by atoms with E-state index >= 15 is 0 Å². The fraction of sp³-hybridized carbons (Fsp3) is 0.385. The van der Waals surface area contributed by atoms with Crippen molar-refractivity contribution in [2.75, 3.05) is 13.2 Å². The molecule has 0 aromatic heterocycles. The summed E-state index contributed by atoms with van der Waals surface area (Å²) in [5.41, 5.74) is 0.799. The number of benzene rings is 1. The summed E-state index contributed by atoms with van der Waals surface area (Å²) in [7, 11) is 0. The molecule has 1 aromatic rings. The Balaban J connectivity index is 2.77. The molecule has 16 heavy (non-hydrogen) atoms. The highest BCUT2D eigenvalue weighted by molar-refractivity contribution is 5.42. The minimum atomic E-state index is -0.00922. The molecule has 86 valence electrons. The van der Waals surface area contributed by atoms with E-state index in [2.05, 4.69) is 5.92 Å². The minimum Gasteiger partial charge on any atom is -0.490 e. The predicted octanol–water partition coefficient (Wildman–Crippen LogP) is 1.98. The van der Waals surface area contributed by atoms with Crippen LogP contribution in [0.5, 0.6) is 11.5 Å². The third-order valence-electron chi connectivity index (χ3n) is 1.99. The first kappa shape index (κ1) is 12.4. The summed E-state index contributed by atoms with van der Waals surface area (Å²) in [5.74, 6) is 3.81. The van der Waals surface area contributed by atoms with Gasteiger partial charge in [0.15, 0.2) is 11.5 Å². The van der Waals surface area contributed by atoms with E-state index in [1.54, 1.807) is 18.2 Å². The van der Waals surface area contributed by atoms with Gasteiger partial charge in [0.1, 0.15) is 0 Å². The zero-order chi connectivity index (χ0) is 11.8. The Labute approximate surface area is 96.0 Å². The number of rotatable bonds is 6. The highest BCUT2D eigenvalue weighted by atomic mass is 16.5. The maximum Gasteiger partial charge on any atom is 0.161 e. The lowest BCUT2D eigenvalue weighted by atomic mass is 10.2. The number of aliphatic hydroxyl groups excluding tert-OH is 1. The van der Waals surface area contributed by atoms with Crippen molar-refractivity contribution in [3.05, 3.63) is 23.8 Å². The second-order valence-corrected chi connectivity index (χ2v) is 3.17. The van der Waals surface area contributed by atoms with E-state index < -0.39 is 0 Å². The van der Waals surface area contributed by atoms with Gasteiger partial charge < -0.3 is 14.6 Å². The molecule has 0 aliphatic carbocycles. The van der Waals surface area contributed by atoms with Gasteiger partial charge in [0.2, 0.25) is 0 Å². The fourth-order valence-electron chi connectivity index (χ4n) is 1.26. The lowest BCUT2D eigenvalue weighted by Crippen LogP contribution is -2.01. The molecule has 0 saturated carbocycles. The Morgan fingerprint density at radius 1 is 1.31 bits per heavy atom. The first-order valence-electron chi connectivity index (χ1n) is 5.24. The van der Waals surface area contributed by atoms with E-state index in [4.69, 9.17) is 21.0 Å². The van der Waals surface area contributed by atoms with Gasteiger partial charge in [-0.2, -0.15) is 0 Å². The smallest absolute Gasteiger partial charge is 0.161 e. The first-order valence-corrected chi connectivity index (χ1v) is 5.24. The van der Waals surface area contributed by atoms with Crippen molar-refractivity contribution in [3.8, 4) is 23.8 Å². The third kappa shape index (κ3) is 3.48. The number of ether oxygens (including phenoxy) is 2. The second-order valence-electron chi connectivity index (χ2n) is 3.17. The normalized spacial score (nSPS) is 9.56. The molecule has 0 radical (unpaired) electrons. The molecule has 0 aliphatic heterocycles. The molecular formula is C13H16O3. The Bertz CT molecular complexity index is 366. The fourth-order valence-corrected chi connectivity index (χ4v) is 1.26. The average molecular weight is 220 g/mol. The second kappa shape index (κ2) is 6.76. The van der Waals surface area contributed by atoms with Crippen molar-refractivity contribution in [3.63, 3.8) is 0 Å². The molecule has 0 unspecified atom stereocenters. The SMILES string of the molecule is C#CCCOc1ccc(CO)cc1OCC. The van der Waals surface area contributed by atoms with Crippen LogP contribution >= 0.6 is 0 Å². The van der Waals surface area contributed by atoms with Gasteiger partial charge in [-0.25, -0.2) is 0 Å². The van der Waals surface area contributed by atoms with E-state index in [9.17, 15) is 0 Å². The van der Waals surface area contributed by atoms with Gasteiger partial charge >= 0.3 is 0 Å². The summed E-state index contributed by atoms with van der Waals surface area (Å²) in [4.78, 5) is 0. The van der Waals surface area contributed by atoms with Gasteiger partial charge in [-0.1, -0.05) is 6.07 Å². The topological polar surface area (TPSA) is 38.7 Å². The molecule has 0 spiro atoms. The van der Waals surface area contributed by atoms with Gasteiger partial charge in [0.25, 0.3) is 0 Å². The van der Waals surface area contributed by atoms with E-state index in [1.165, 1.54) is 0 Å². The van der Waals surface area contributed by atoms with Gasteiger partial charge in [0, 0.05) is 6.42 Å². The number of hydrogen-bond acceptors (Lipinski definition) is 3. The monoisotopic (exact) mass is 220 g/mol. The molecule has 3 heteroatoms. The van der Waals surface area contributed by atoms with Crippen LogP contribution in [-0.4, -0.2) is 18.3 Å². The summed E-state index contributed by atoms with van der Waals surface area (Å²) in [6.07, 6.45) is 5.70. The van der Waals surface area contributed by atoms with E-state index in [1.807, 2.05) is 6.92 Å². The Morgan fingerprint density at radius 2 is 2.12 bits per heavy atom. The average Bonchev–Trinajstić information content (AvgIpc) is 2.31. The van der Waals surface area contributed by atoms with Crippen LogP contribution in [0.25, 0.3) is 0 Å². The molecule has 0 saturated heterocycles. The molecule has 0 fully saturated rings. The lowest BCUT2D eigenvalue weighted by molar-refractivity contribution is 0.271. The molecule has 1 rings (SSSR count). The summed E-state index contributed by atoms with van der Waals surface area (Å²) in [6.45, 7) is 2.91. The molecule has 1 N–H and O–H groups in total. The van der Waals surface area contributed by atoms with Crippen LogP contribution in [0.2, 0.25) is 0 Å². The van der Waals surface area contributed by atoms with E-state index in [0.29, 0.717) is 31.1 Å². The molecular weight excluding hydrogens is 204 g/mol. The quantitative estimate of drug-likeness (QED) is 0.588. The van der Waals surface area contributed by atoms with Crippen molar-refractivity contribution < 1.29 is 14.6 Å². The van der Waals surface area contributed by atoms with Crippen LogP contribution in [-0.2, 0) is 6.61 Å². The van der Waals surface area contributed by atoms with Crippen LogP contribution in [0.3, 0.4) is 0 Å². The Hall–Kier alpha value is -1.66. The summed E-state index contributed by atoms with van der Waals surface area (Å²) >= 11 is 0. The van der Waals surface area contributed by atoms with Gasteiger partial charge in [-0.05, 0) is 24.6 Å². The molecule has 0 atom stereocenters. The maximum atomic E-state index is 9.01. The largest absolute Gasteiger partial charge is 0.490 e. The molecule has 3 nitrogen and oxygen atoms in total. The van der Waals surface area contributed by atoms with Crippen molar-refractivity contribution in [2.24, 2.45) is 0 Å². The van der Waals surface area contributed by atoms with Gasteiger partial charge in [-0.3, -0.25) is 0 Å². The Kier molecular flexibility index (Phi) is 5.24. The summed E-state index contributed by atoms with van der Waals surface area (Å²) < 4.78 is 10.9. The molecule has 0 bridgehead atoms. The highest BCUT2D eigenvalue weighted by Crippen LogP contribution is 2.28. The first-order chi connectivity index (χ1) is 7.81. The standard InChI is InChI=1S/C13H16O3/c1-3-5-8-16-12-7-6-11(10-14)9-13(12)15-4-2/h1,6-7,9,14H,4-5,8,10H2,2H3. The summed E-state index contributed by atoms with van der Waals surface area (Å²) in [5, 5.41) is 9.01. The van der Waals surface area contributed by atoms with Crippen LogP contribution in [0.1, 0.15) is 18.9 Å². The molecule has 0 heterocycles. The molecule has 0 aliphatic rings.